The fourth-order valence-electron chi connectivity index (χ4n) is 3.19. The van der Waals surface area contributed by atoms with Crippen molar-refractivity contribution in [2.24, 2.45) is 11.7 Å². The molecular weight excluding hydrogens is 373 g/mol. The van der Waals surface area contributed by atoms with Crippen LogP contribution in [0.4, 0.5) is 4.39 Å². The Balaban J connectivity index is 2.07. The number of phenols is 1. The second-order valence-corrected chi connectivity index (χ2v) is 7.09. The van der Waals surface area contributed by atoms with E-state index >= 15 is 0 Å². The Kier molecular flexibility index (Phi) is 5.93. The van der Waals surface area contributed by atoms with Gasteiger partial charge in [-0.25, -0.2) is 9.37 Å². The lowest BCUT2D eigenvalue weighted by Crippen LogP contribution is -2.41. The van der Waals surface area contributed by atoms with Crippen molar-refractivity contribution in [2.45, 2.75) is 26.3 Å². The SMILES string of the molecule is C=CCC(NC(=O)c1cc(-c2ccc(O)c(F)c2)nc2n[nH]c(C)c12)C(C)CN. The molecule has 2 aromatic heterocycles. The van der Waals surface area contributed by atoms with Gasteiger partial charge in [-0.3, -0.25) is 9.89 Å². The average Bonchev–Trinajstić information content (AvgIpc) is 3.09. The van der Waals surface area contributed by atoms with Gasteiger partial charge >= 0.3 is 0 Å². The predicted molar refractivity (Wildman–Crippen MR) is 110 cm³/mol. The van der Waals surface area contributed by atoms with Crippen LogP contribution in [-0.4, -0.2) is 38.8 Å². The molecule has 2 atom stereocenters. The first-order valence-corrected chi connectivity index (χ1v) is 9.32. The second kappa shape index (κ2) is 8.40. The fraction of sp³-hybridized carbons (Fsp3) is 0.286. The van der Waals surface area contributed by atoms with E-state index in [1.54, 1.807) is 19.1 Å². The first-order valence-electron chi connectivity index (χ1n) is 9.32. The van der Waals surface area contributed by atoms with Gasteiger partial charge in [0.2, 0.25) is 0 Å². The summed E-state index contributed by atoms with van der Waals surface area (Å²) < 4.78 is 13.8. The third-order valence-electron chi connectivity index (χ3n) is 4.99. The molecule has 29 heavy (non-hydrogen) atoms. The van der Waals surface area contributed by atoms with E-state index in [1.165, 1.54) is 18.2 Å². The minimum absolute atomic E-state index is 0.0605. The number of amides is 1. The lowest BCUT2D eigenvalue weighted by molar-refractivity contribution is 0.0927. The van der Waals surface area contributed by atoms with Crippen molar-refractivity contribution in [1.29, 1.82) is 0 Å². The van der Waals surface area contributed by atoms with E-state index in [4.69, 9.17) is 5.73 Å². The molecule has 152 valence electrons. The molecule has 0 aliphatic heterocycles. The molecule has 0 saturated heterocycles. The van der Waals surface area contributed by atoms with Gasteiger partial charge in [0.15, 0.2) is 17.2 Å². The van der Waals surface area contributed by atoms with Gasteiger partial charge in [-0.15, -0.1) is 6.58 Å². The summed E-state index contributed by atoms with van der Waals surface area (Å²) in [5.74, 6) is -1.46. The van der Waals surface area contributed by atoms with Crippen molar-refractivity contribution in [2.75, 3.05) is 6.54 Å². The molecule has 2 unspecified atom stereocenters. The van der Waals surface area contributed by atoms with Gasteiger partial charge in [-0.1, -0.05) is 13.0 Å². The number of carbonyl (C=O) groups excluding carboxylic acids is 1. The summed E-state index contributed by atoms with van der Waals surface area (Å²) in [6, 6.07) is 5.38. The number of aromatic hydroxyl groups is 1. The largest absolute Gasteiger partial charge is 0.505 e. The summed E-state index contributed by atoms with van der Waals surface area (Å²) in [6.45, 7) is 7.94. The summed E-state index contributed by atoms with van der Waals surface area (Å²) in [5, 5.41) is 20.1. The van der Waals surface area contributed by atoms with Crippen molar-refractivity contribution in [3.05, 3.63) is 54.0 Å². The van der Waals surface area contributed by atoms with Crippen LogP contribution in [0.3, 0.4) is 0 Å². The smallest absolute Gasteiger partial charge is 0.252 e. The molecule has 0 radical (unpaired) electrons. The molecule has 5 N–H and O–H groups in total. The third-order valence-corrected chi connectivity index (χ3v) is 4.99. The Bertz CT molecular complexity index is 1060. The quantitative estimate of drug-likeness (QED) is 0.457. The number of hydrogen-bond donors (Lipinski definition) is 4. The van der Waals surface area contributed by atoms with E-state index in [1.807, 2.05) is 6.92 Å². The van der Waals surface area contributed by atoms with Crippen molar-refractivity contribution < 1.29 is 14.3 Å². The van der Waals surface area contributed by atoms with Crippen molar-refractivity contribution in [3.63, 3.8) is 0 Å². The highest BCUT2D eigenvalue weighted by molar-refractivity contribution is 6.07. The number of H-pyrrole nitrogens is 1. The maximum absolute atomic E-state index is 13.8. The summed E-state index contributed by atoms with van der Waals surface area (Å²) in [7, 11) is 0. The molecule has 1 aromatic carbocycles. The number of carbonyl (C=O) groups is 1. The minimum atomic E-state index is -0.767. The maximum Gasteiger partial charge on any atom is 0.252 e. The van der Waals surface area contributed by atoms with Crippen LogP contribution in [0.5, 0.6) is 5.75 Å². The number of nitrogens with two attached hydrogens (primary N) is 1. The number of aromatic nitrogens is 3. The average molecular weight is 397 g/mol. The summed E-state index contributed by atoms with van der Waals surface area (Å²) in [5.41, 5.74) is 8.01. The number of phenolic OH excluding ortho intramolecular Hbond substituents is 1. The van der Waals surface area contributed by atoms with Crippen LogP contribution in [-0.2, 0) is 0 Å². The first kappa shape index (κ1) is 20.5. The van der Waals surface area contributed by atoms with E-state index in [-0.39, 0.29) is 17.9 Å². The van der Waals surface area contributed by atoms with Gasteiger partial charge < -0.3 is 16.2 Å². The lowest BCUT2D eigenvalue weighted by Gasteiger charge is -2.23. The summed E-state index contributed by atoms with van der Waals surface area (Å²) >= 11 is 0. The molecule has 1 amide bonds. The zero-order valence-electron chi connectivity index (χ0n) is 16.4. The van der Waals surface area contributed by atoms with Crippen molar-refractivity contribution >= 4 is 16.9 Å². The third kappa shape index (κ3) is 4.12. The molecule has 2 heterocycles. The van der Waals surface area contributed by atoms with E-state index in [9.17, 15) is 14.3 Å². The number of halogens is 1. The molecule has 3 aromatic rings. The molecule has 0 bridgehead atoms. The van der Waals surface area contributed by atoms with E-state index < -0.39 is 11.6 Å². The highest BCUT2D eigenvalue weighted by Crippen LogP contribution is 2.28. The standard InChI is InChI=1S/C21H24FN5O2/c1-4-5-16(11(2)10-23)25-21(29)14-9-17(13-6-7-18(28)15(22)8-13)24-20-19(14)12(3)26-27-20/h4,6-9,11,16,28H,1,5,10,23H2,2-3H3,(H,25,29)(H,24,26,27). The van der Waals surface area contributed by atoms with Gasteiger partial charge in [0.25, 0.3) is 5.91 Å². The number of hydrogen-bond acceptors (Lipinski definition) is 5. The fourth-order valence-corrected chi connectivity index (χ4v) is 3.19. The first-order chi connectivity index (χ1) is 13.8. The highest BCUT2D eigenvalue weighted by Gasteiger charge is 2.22. The number of aromatic amines is 1. The molecule has 7 nitrogen and oxygen atoms in total. The van der Waals surface area contributed by atoms with Gasteiger partial charge in [0.05, 0.1) is 16.6 Å². The Hall–Kier alpha value is -3.26. The molecular formula is C21H24FN5O2. The number of nitrogens with one attached hydrogen (secondary N) is 2. The second-order valence-electron chi connectivity index (χ2n) is 7.09. The summed E-state index contributed by atoms with van der Waals surface area (Å²) in [4.78, 5) is 17.6. The Morgan fingerprint density at radius 1 is 1.45 bits per heavy atom. The summed E-state index contributed by atoms with van der Waals surface area (Å²) in [6.07, 6.45) is 2.33. The number of rotatable bonds is 7. The van der Waals surface area contributed by atoms with Crippen LogP contribution in [0, 0.1) is 18.7 Å². The van der Waals surface area contributed by atoms with Gasteiger partial charge in [0.1, 0.15) is 0 Å². The highest BCUT2D eigenvalue weighted by atomic mass is 19.1. The topological polar surface area (TPSA) is 117 Å². The Morgan fingerprint density at radius 3 is 2.86 bits per heavy atom. The van der Waals surface area contributed by atoms with Crippen LogP contribution in [0.25, 0.3) is 22.3 Å². The normalized spacial score (nSPS) is 13.2. The maximum atomic E-state index is 13.8. The molecule has 0 aliphatic rings. The van der Waals surface area contributed by atoms with Crippen LogP contribution in [0.15, 0.2) is 36.9 Å². The Labute approximate surface area is 167 Å². The minimum Gasteiger partial charge on any atom is -0.505 e. The molecule has 0 aliphatic carbocycles. The van der Waals surface area contributed by atoms with Crippen LogP contribution >= 0.6 is 0 Å². The predicted octanol–water partition coefficient (Wildman–Crippen LogP) is 3.05. The van der Waals surface area contributed by atoms with Crippen LogP contribution < -0.4 is 11.1 Å². The zero-order valence-corrected chi connectivity index (χ0v) is 16.4. The van der Waals surface area contributed by atoms with E-state index in [0.29, 0.717) is 46.5 Å². The number of fused-ring (bicyclic) bond motifs is 1. The van der Waals surface area contributed by atoms with Gasteiger partial charge in [-0.05, 0) is 50.1 Å². The molecule has 8 heteroatoms. The molecule has 0 spiro atoms. The Morgan fingerprint density at radius 2 is 2.21 bits per heavy atom. The molecule has 0 fully saturated rings. The molecule has 0 saturated carbocycles. The van der Waals surface area contributed by atoms with E-state index in [2.05, 4.69) is 27.1 Å². The zero-order chi connectivity index (χ0) is 21.1. The number of aryl methyl sites for hydroxylation is 1. The molecule has 3 rings (SSSR count). The lowest BCUT2D eigenvalue weighted by atomic mass is 9.98. The number of benzene rings is 1. The number of pyridine rings is 1. The van der Waals surface area contributed by atoms with Crippen molar-refractivity contribution in [1.82, 2.24) is 20.5 Å². The number of nitrogens with zero attached hydrogens (tertiary/aromatic N) is 2. The van der Waals surface area contributed by atoms with Crippen LogP contribution in [0.2, 0.25) is 0 Å². The van der Waals surface area contributed by atoms with Gasteiger partial charge in [0, 0.05) is 17.3 Å². The van der Waals surface area contributed by atoms with E-state index in [0.717, 1.165) is 0 Å². The van der Waals surface area contributed by atoms with Gasteiger partial charge in [-0.2, -0.15) is 5.10 Å². The van der Waals surface area contributed by atoms with Crippen LogP contribution in [0.1, 0.15) is 29.4 Å². The van der Waals surface area contributed by atoms with Crippen molar-refractivity contribution in [3.8, 4) is 17.0 Å². The monoisotopic (exact) mass is 397 g/mol.